The molecule has 1 nitrogen and oxygen atoms in total. The molecule has 0 amide bonds. The maximum absolute atomic E-state index is 5.50. The Morgan fingerprint density at radius 3 is 2.56 bits per heavy atom. The Balaban J connectivity index is 3.39. The van der Waals surface area contributed by atoms with Crippen molar-refractivity contribution in [2.24, 2.45) is 0 Å². The summed E-state index contributed by atoms with van der Waals surface area (Å²) in [5.74, 6) is 0.484. The van der Waals surface area contributed by atoms with Crippen LogP contribution < -0.4 is 0 Å². The van der Waals surface area contributed by atoms with Crippen LogP contribution in [0.2, 0.25) is 0 Å². The van der Waals surface area contributed by atoms with E-state index in [1.807, 2.05) is 0 Å². The number of halogens is 1. The maximum Gasteiger partial charge on any atom is 0.115 e. The Hall–Kier alpha value is -0.430. The van der Waals surface area contributed by atoms with Crippen LogP contribution >= 0.6 is 11.6 Å². The minimum Gasteiger partial charge on any atom is -0.497 e. The molecule has 0 rings (SSSR count). The van der Waals surface area contributed by atoms with Gasteiger partial charge in [0, 0.05) is 6.42 Å². The lowest BCUT2D eigenvalue weighted by atomic mass is 10.3. The molecule has 9 heavy (non-hydrogen) atoms. The van der Waals surface area contributed by atoms with Gasteiger partial charge < -0.3 is 4.74 Å². The van der Waals surface area contributed by atoms with Crippen LogP contribution in [0.3, 0.4) is 0 Å². The molecule has 0 fully saturated rings. The van der Waals surface area contributed by atoms with Gasteiger partial charge in [-0.05, 0) is 0 Å². The number of hydrogen-bond donors (Lipinski definition) is 0. The zero-order valence-corrected chi connectivity index (χ0v) is 6.10. The quantitative estimate of drug-likeness (QED) is 0.329. The predicted molar refractivity (Wildman–Crippen MR) is 40.6 cm³/mol. The normalized spacial score (nSPS) is 12.1. The summed E-state index contributed by atoms with van der Waals surface area (Å²) in [7, 11) is 0. The lowest BCUT2D eigenvalue weighted by Crippen LogP contribution is -2.09. The number of ether oxygens (including phenoxy) is 1. The predicted octanol–water partition coefficient (Wildman–Crippen LogP) is 2.33. The molecule has 0 radical (unpaired) electrons. The Bertz CT molecular complexity index is 80.9. The smallest absolute Gasteiger partial charge is 0.115 e. The fourth-order valence-electron chi connectivity index (χ4n) is 0.477. The molecule has 1 atom stereocenters. The third kappa shape index (κ3) is 4.10. The lowest BCUT2D eigenvalue weighted by molar-refractivity contribution is 0.168. The highest BCUT2D eigenvalue weighted by molar-refractivity contribution is 6.18. The first kappa shape index (κ1) is 8.57. The molecule has 0 aliphatic rings. The molecule has 0 saturated heterocycles. The van der Waals surface area contributed by atoms with Gasteiger partial charge in [0.2, 0.25) is 0 Å². The van der Waals surface area contributed by atoms with Gasteiger partial charge in [0.15, 0.2) is 0 Å². The molecule has 0 aromatic carbocycles. The van der Waals surface area contributed by atoms with E-state index in [1.165, 1.54) is 6.26 Å². The van der Waals surface area contributed by atoms with E-state index in [2.05, 4.69) is 13.2 Å². The van der Waals surface area contributed by atoms with Gasteiger partial charge in [-0.3, -0.25) is 0 Å². The third-order valence-electron chi connectivity index (χ3n) is 0.890. The third-order valence-corrected chi connectivity index (χ3v) is 1.23. The van der Waals surface area contributed by atoms with Crippen molar-refractivity contribution in [2.75, 3.05) is 5.88 Å². The zero-order chi connectivity index (χ0) is 7.11. The van der Waals surface area contributed by atoms with Crippen LogP contribution in [0.4, 0.5) is 0 Å². The van der Waals surface area contributed by atoms with Gasteiger partial charge in [-0.1, -0.05) is 12.7 Å². The largest absolute Gasteiger partial charge is 0.497 e. The monoisotopic (exact) mass is 146 g/mol. The Morgan fingerprint density at radius 1 is 1.56 bits per heavy atom. The Labute approximate surface area is 61.0 Å². The highest BCUT2D eigenvalue weighted by Crippen LogP contribution is 2.01. The first-order chi connectivity index (χ1) is 4.35. The fraction of sp³-hybridized carbons (Fsp3) is 0.429. The van der Waals surface area contributed by atoms with E-state index in [9.17, 15) is 0 Å². The lowest BCUT2D eigenvalue weighted by Gasteiger charge is -2.09. The average molecular weight is 147 g/mol. The maximum atomic E-state index is 5.50. The van der Waals surface area contributed by atoms with Crippen LogP contribution in [0, 0.1) is 0 Å². The molecular weight excluding hydrogens is 136 g/mol. The molecule has 0 aliphatic carbocycles. The molecular formula is C7H11ClO. The van der Waals surface area contributed by atoms with E-state index in [-0.39, 0.29) is 6.10 Å². The van der Waals surface area contributed by atoms with E-state index >= 15 is 0 Å². The topological polar surface area (TPSA) is 9.23 Å². The van der Waals surface area contributed by atoms with Crippen molar-refractivity contribution < 1.29 is 4.74 Å². The number of rotatable bonds is 5. The molecule has 0 aromatic heterocycles. The highest BCUT2D eigenvalue weighted by Gasteiger charge is 2.01. The minimum absolute atomic E-state index is 0.0432. The second kappa shape index (κ2) is 5.70. The van der Waals surface area contributed by atoms with Crippen LogP contribution in [-0.4, -0.2) is 12.0 Å². The van der Waals surface area contributed by atoms with Gasteiger partial charge in [-0.15, -0.1) is 18.2 Å². The summed E-state index contributed by atoms with van der Waals surface area (Å²) >= 11 is 5.50. The van der Waals surface area contributed by atoms with Crippen molar-refractivity contribution in [3.8, 4) is 0 Å². The van der Waals surface area contributed by atoms with Crippen molar-refractivity contribution in [2.45, 2.75) is 12.5 Å². The van der Waals surface area contributed by atoms with Gasteiger partial charge >= 0.3 is 0 Å². The van der Waals surface area contributed by atoms with Crippen molar-refractivity contribution in [3.63, 3.8) is 0 Å². The van der Waals surface area contributed by atoms with Crippen molar-refractivity contribution in [3.05, 3.63) is 25.5 Å². The summed E-state index contributed by atoms with van der Waals surface area (Å²) in [5, 5.41) is 0. The average Bonchev–Trinajstić information content (AvgIpc) is 1.88. The standard InChI is InChI=1S/C7H11ClO/c1-3-5-7(6-8)9-4-2/h3-4,7H,1-2,5-6H2. The van der Waals surface area contributed by atoms with Gasteiger partial charge in [-0.2, -0.15) is 0 Å². The molecule has 52 valence electrons. The molecule has 0 saturated carbocycles. The van der Waals surface area contributed by atoms with Crippen LogP contribution in [-0.2, 0) is 4.74 Å². The van der Waals surface area contributed by atoms with E-state index < -0.39 is 0 Å². The number of hydrogen-bond acceptors (Lipinski definition) is 1. The van der Waals surface area contributed by atoms with E-state index in [1.54, 1.807) is 6.08 Å². The second-order valence-corrected chi connectivity index (χ2v) is 1.91. The molecule has 2 heteroatoms. The first-order valence-electron chi connectivity index (χ1n) is 2.78. The molecule has 0 spiro atoms. The summed E-state index contributed by atoms with van der Waals surface area (Å²) in [5.41, 5.74) is 0. The van der Waals surface area contributed by atoms with Crippen molar-refractivity contribution in [1.29, 1.82) is 0 Å². The minimum atomic E-state index is 0.0432. The van der Waals surface area contributed by atoms with Crippen molar-refractivity contribution in [1.82, 2.24) is 0 Å². The summed E-state index contributed by atoms with van der Waals surface area (Å²) < 4.78 is 4.99. The SMILES string of the molecule is C=CCC(CCl)OC=C. The van der Waals surface area contributed by atoms with E-state index in [0.717, 1.165) is 6.42 Å². The Morgan fingerprint density at radius 2 is 2.22 bits per heavy atom. The van der Waals surface area contributed by atoms with Gasteiger partial charge in [-0.25, -0.2) is 0 Å². The second-order valence-electron chi connectivity index (χ2n) is 1.60. The molecule has 0 aromatic rings. The van der Waals surface area contributed by atoms with Gasteiger partial charge in [0.1, 0.15) is 6.10 Å². The molecule has 0 bridgehead atoms. The molecule has 0 heterocycles. The van der Waals surface area contributed by atoms with Crippen molar-refractivity contribution >= 4 is 11.6 Å². The highest BCUT2D eigenvalue weighted by atomic mass is 35.5. The van der Waals surface area contributed by atoms with Gasteiger partial charge in [0.25, 0.3) is 0 Å². The summed E-state index contributed by atoms with van der Waals surface area (Å²) in [6.07, 6.45) is 3.99. The Kier molecular flexibility index (Phi) is 5.43. The van der Waals surface area contributed by atoms with Crippen LogP contribution in [0.1, 0.15) is 6.42 Å². The van der Waals surface area contributed by atoms with Crippen LogP contribution in [0.5, 0.6) is 0 Å². The number of alkyl halides is 1. The first-order valence-corrected chi connectivity index (χ1v) is 3.31. The summed E-state index contributed by atoms with van der Waals surface area (Å²) in [4.78, 5) is 0. The zero-order valence-electron chi connectivity index (χ0n) is 5.35. The van der Waals surface area contributed by atoms with Crippen LogP contribution in [0.25, 0.3) is 0 Å². The molecule has 0 aliphatic heterocycles. The van der Waals surface area contributed by atoms with Gasteiger partial charge in [0.05, 0.1) is 12.1 Å². The summed E-state index contributed by atoms with van der Waals surface area (Å²) in [6, 6.07) is 0. The molecule has 0 N–H and O–H groups in total. The molecule has 1 unspecified atom stereocenters. The van der Waals surface area contributed by atoms with E-state index in [4.69, 9.17) is 16.3 Å². The van der Waals surface area contributed by atoms with E-state index in [0.29, 0.717) is 5.88 Å². The fourth-order valence-corrected chi connectivity index (χ4v) is 0.676. The van der Waals surface area contributed by atoms with Crippen LogP contribution in [0.15, 0.2) is 25.5 Å². The summed E-state index contributed by atoms with van der Waals surface area (Å²) in [6.45, 7) is 6.97.